The molecule has 0 aliphatic carbocycles. The fourth-order valence-corrected chi connectivity index (χ4v) is 2.82. The second-order valence-corrected chi connectivity index (χ2v) is 6.01. The summed E-state index contributed by atoms with van der Waals surface area (Å²) in [5.74, 6) is 0.183. The van der Waals surface area contributed by atoms with Crippen LogP contribution in [0.4, 0.5) is 0 Å². The van der Waals surface area contributed by atoms with Crippen molar-refractivity contribution in [1.82, 2.24) is 15.1 Å². The van der Waals surface area contributed by atoms with Gasteiger partial charge in [-0.2, -0.15) is 0 Å². The summed E-state index contributed by atoms with van der Waals surface area (Å²) in [6.07, 6.45) is 0. The first-order valence-corrected chi connectivity index (χ1v) is 7.91. The molecule has 1 N–H and O–H groups in total. The van der Waals surface area contributed by atoms with Gasteiger partial charge in [0.05, 0.1) is 0 Å². The lowest BCUT2D eigenvalue weighted by Crippen LogP contribution is -2.49. The van der Waals surface area contributed by atoms with E-state index in [1.54, 1.807) is 6.92 Å². The average molecular weight is 310 g/mol. The Balaban J connectivity index is 1.69. The first-order chi connectivity index (χ1) is 10.1. The highest BCUT2D eigenvalue weighted by molar-refractivity contribution is 6.30. The molecule has 2 rings (SSSR count). The number of benzene rings is 1. The van der Waals surface area contributed by atoms with E-state index in [2.05, 4.69) is 23.2 Å². The van der Waals surface area contributed by atoms with E-state index in [-0.39, 0.29) is 5.91 Å². The number of carbonyl (C=O) groups excluding carboxylic acids is 1. The molecule has 0 radical (unpaired) electrons. The van der Waals surface area contributed by atoms with Gasteiger partial charge in [0.15, 0.2) is 0 Å². The highest BCUT2D eigenvalue weighted by atomic mass is 35.5. The van der Waals surface area contributed by atoms with Crippen molar-refractivity contribution >= 4 is 17.5 Å². The predicted molar refractivity (Wildman–Crippen MR) is 86.6 cm³/mol. The van der Waals surface area contributed by atoms with Crippen molar-refractivity contribution in [2.24, 2.45) is 0 Å². The summed E-state index contributed by atoms with van der Waals surface area (Å²) in [5.41, 5.74) is 1.21. The van der Waals surface area contributed by atoms with Crippen LogP contribution in [-0.4, -0.2) is 55.0 Å². The smallest absolute Gasteiger partial charge is 0.219 e. The molecule has 1 aliphatic heterocycles. The summed E-state index contributed by atoms with van der Waals surface area (Å²) in [6, 6.07) is 8.27. The van der Waals surface area contributed by atoms with Gasteiger partial charge in [0.25, 0.3) is 0 Å². The fourth-order valence-electron chi connectivity index (χ4n) is 2.62. The molecule has 1 aromatic rings. The van der Waals surface area contributed by atoms with Gasteiger partial charge in [0, 0.05) is 57.3 Å². The van der Waals surface area contributed by atoms with Crippen LogP contribution in [0.3, 0.4) is 0 Å². The zero-order valence-electron chi connectivity index (χ0n) is 12.8. The molecule has 1 aromatic carbocycles. The number of piperazine rings is 1. The largest absolute Gasteiger partial charge is 0.340 e. The van der Waals surface area contributed by atoms with Crippen molar-refractivity contribution in [2.45, 2.75) is 19.9 Å². The Labute approximate surface area is 132 Å². The number of nitrogens with one attached hydrogen (secondary N) is 1. The zero-order chi connectivity index (χ0) is 15.2. The highest BCUT2D eigenvalue weighted by Gasteiger charge is 2.18. The van der Waals surface area contributed by atoms with Gasteiger partial charge in [0.1, 0.15) is 0 Å². The lowest BCUT2D eigenvalue weighted by Gasteiger charge is -2.34. The second-order valence-electron chi connectivity index (χ2n) is 5.58. The maximum absolute atomic E-state index is 11.3. The molecule has 1 saturated heterocycles. The van der Waals surface area contributed by atoms with Gasteiger partial charge in [0.2, 0.25) is 5.91 Å². The van der Waals surface area contributed by atoms with Crippen LogP contribution in [-0.2, 0) is 4.79 Å². The Kier molecular flexibility index (Phi) is 6.03. The zero-order valence-corrected chi connectivity index (χ0v) is 13.6. The van der Waals surface area contributed by atoms with Crippen LogP contribution < -0.4 is 5.32 Å². The third-order valence-electron chi connectivity index (χ3n) is 4.04. The van der Waals surface area contributed by atoms with Crippen LogP contribution >= 0.6 is 11.6 Å². The van der Waals surface area contributed by atoms with Crippen molar-refractivity contribution in [2.75, 3.05) is 39.3 Å². The van der Waals surface area contributed by atoms with Crippen LogP contribution in [0, 0.1) is 0 Å². The Morgan fingerprint density at radius 1 is 1.33 bits per heavy atom. The Bertz CT molecular complexity index is 472. The molecule has 1 fully saturated rings. The maximum Gasteiger partial charge on any atom is 0.219 e. The predicted octanol–water partition coefficient (Wildman–Crippen LogP) is 2.15. The molecule has 21 heavy (non-hydrogen) atoms. The minimum atomic E-state index is 0.183. The maximum atomic E-state index is 11.3. The minimum Gasteiger partial charge on any atom is -0.340 e. The number of halogens is 1. The van der Waals surface area contributed by atoms with E-state index < -0.39 is 0 Å². The molecule has 116 valence electrons. The third kappa shape index (κ3) is 4.99. The van der Waals surface area contributed by atoms with Gasteiger partial charge in [-0.1, -0.05) is 23.7 Å². The Morgan fingerprint density at radius 3 is 2.67 bits per heavy atom. The highest BCUT2D eigenvalue weighted by Crippen LogP contribution is 2.17. The summed E-state index contributed by atoms with van der Waals surface area (Å²) in [5, 5.41) is 4.31. The van der Waals surface area contributed by atoms with Crippen molar-refractivity contribution in [3.8, 4) is 0 Å². The topological polar surface area (TPSA) is 35.6 Å². The Morgan fingerprint density at radius 2 is 2.05 bits per heavy atom. The van der Waals surface area contributed by atoms with Crippen LogP contribution in [0.2, 0.25) is 5.02 Å². The molecule has 0 aromatic heterocycles. The van der Waals surface area contributed by atoms with E-state index in [1.165, 1.54) is 5.56 Å². The second kappa shape index (κ2) is 7.78. The molecule has 1 heterocycles. The summed E-state index contributed by atoms with van der Waals surface area (Å²) < 4.78 is 0. The van der Waals surface area contributed by atoms with E-state index >= 15 is 0 Å². The summed E-state index contributed by atoms with van der Waals surface area (Å²) in [4.78, 5) is 15.6. The monoisotopic (exact) mass is 309 g/mol. The summed E-state index contributed by atoms with van der Waals surface area (Å²) >= 11 is 6.02. The van der Waals surface area contributed by atoms with Crippen LogP contribution in [0.15, 0.2) is 24.3 Å². The third-order valence-corrected chi connectivity index (χ3v) is 4.28. The first-order valence-electron chi connectivity index (χ1n) is 7.53. The lowest BCUT2D eigenvalue weighted by atomic mass is 10.1. The van der Waals surface area contributed by atoms with E-state index in [0.717, 1.165) is 44.3 Å². The first kappa shape index (κ1) is 16.3. The molecule has 1 aliphatic rings. The van der Waals surface area contributed by atoms with E-state index in [1.807, 2.05) is 23.1 Å². The lowest BCUT2D eigenvalue weighted by molar-refractivity contribution is -0.130. The quantitative estimate of drug-likeness (QED) is 0.905. The minimum absolute atomic E-state index is 0.183. The van der Waals surface area contributed by atoms with Gasteiger partial charge in [-0.15, -0.1) is 0 Å². The van der Waals surface area contributed by atoms with Gasteiger partial charge >= 0.3 is 0 Å². The van der Waals surface area contributed by atoms with Crippen molar-refractivity contribution in [3.63, 3.8) is 0 Å². The average Bonchev–Trinajstić information content (AvgIpc) is 2.47. The van der Waals surface area contributed by atoms with Crippen molar-refractivity contribution in [3.05, 3.63) is 34.9 Å². The molecule has 5 heteroatoms. The number of hydrogen-bond acceptors (Lipinski definition) is 3. The number of amides is 1. The van der Waals surface area contributed by atoms with Crippen molar-refractivity contribution < 1.29 is 4.79 Å². The van der Waals surface area contributed by atoms with Crippen molar-refractivity contribution in [1.29, 1.82) is 0 Å². The standard InChI is InChI=1S/C16H24ClN3O/c1-13(15-4-3-5-16(17)12-15)18-6-7-19-8-10-20(11-9-19)14(2)21/h3-5,12-13,18H,6-11H2,1-2H3/t13-/m1/s1. The summed E-state index contributed by atoms with van der Waals surface area (Å²) in [6.45, 7) is 9.37. The van der Waals surface area contributed by atoms with Gasteiger partial charge < -0.3 is 10.2 Å². The molecule has 0 saturated carbocycles. The van der Waals surface area contributed by atoms with Crippen LogP contribution in [0.1, 0.15) is 25.5 Å². The number of hydrogen-bond donors (Lipinski definition) is 1. The number of nitrogens with zero attached hydrogens (tertiary/aromatic N) is 2. The molecule has 1 atom stereocenters. The molecule has 0 spiro atoms. The normalized spacial score (nSPS) is 17.8. The van der Waals surface area contributed by atoms with Gasteiger partial charge in [-0.3, -0.25) is 9.69 Å². The molecule has 0 bridgehead atoms. The van der Waals surface area contributed by atoms with E-state index in [9.17, 15) is 4.79 Å². The van der Waals surface area contributed by atoms with Crippen LogP contribution in [0.25, 0.3) is 0 Å². The molecule has 4 nitrogen and oxygen atoms in total. The van der Waals surface area contributed by atoms with Crippen LogP contribution in [0.5, 0.6) is 0 Å². The van der Waals surface area contributed by atoms with Gasteiger partial charge in [-0.25, -0.2) is 0 Å². The number of rotatable bonds is 5. The number of carbonyl (C=O) groups is 1. The van der Waals surface area contributed by atoms with E-state index in [0.29, 0.717) is 6.04 Å². The SMILES string of the molecule is CC(=O)N1CCN(CCN[C@H](C)c2cccc(Cl)c2)CC1. The molecular formula is C16H24ClN3O. The molecular weight excluding hydrogens is 286 g/mol. The van der Waals surface area contributed by atoms with E-state index in [4.69, 9.17) is 11.6 Å². The Hall–Kier alpha value is -1.10. The molecule has 0 unspecified atom stereocenters. The fraction of sp³-hybridized carbons (Fsp3) is 0.562. The molecule has 1 amide bonds. The van der Waals surface area contributed by atoms with Gasteiger partial charge in [-0.05, 0) is 24.6 Å². The summed E-state index contributed by atoms with van der Waals surface area (Å²) in [7, 11) is 0.